The molecule has 11 heteroatoms. The Labute approximate surface area is 163 Å². The molecule has 1 aromatic carbocycles. The second-order valence-corrected chi connectivity index (χ2v) is 9.32. The Balaban J connectivity index is 1.63. The van der Waals surface area contributed by atoms with E-state index in [2.05, 4.69) is 9.97 Å². The first-order valence-electron chi connectivity index (χ1n) is 8.39. The van der Waals surface area contributed by atoms with Crippen molar-refractivity contribution in [1.82, 2.24) is 14.3 Å². The summed E-state index contributed by atoms with van der Waals surface area (Å²) in [6.07, 6.45) is -4.66. The van der Waals surface area contributed by atoms with Crippen molar-refractivity contribution in [3.8, 4) is 0 Å². The lowest BCUT2D eigenvalue weighted by molar-refractivity contribution is -0.140. The van der Waals surface area contributed by atoms with Crippen LogP contribution in [-0.2, 0) is 16.2 Å². The molecule has 2 aromatic heterocycles. The highest BCUT2D eigenvalue weighted by atomic mass is 32.2. The zero-order valence-electron chi connectivity index (χ0n) is 14.4. The highest BCUT2D eigenvalue weighted by Gasteiger charge is 2.40. The van der Waals surface area contributed by atoms with Crippen molar-refractivity contribution < 1.29 is 21.6 Å². The molecule has 0 saturated carbocycles. The molecule has 1 aliphatic heterocycles. The van der Waals surface area contributed by atoms with Gasteiger partial charge in [-0.25, -0.2) is 18.4 Å². The first kappa shape index (κ1) is 19.1. The number of piperazine rings is 1. The number of thiophene rings is 1. The molecule has 4 rings (SSSR count). The van der Waals surface area contributed by atoms with Gasteiger partial charge >= 0.3 is 6.18 Å². The normalized spacial score (nSPS) is 16.6. The van der Waals surface area contributed by atoms with E-state index in [0.717, 1.165) is 11.3 Å². The Morgan fingerprint density at radius 2 is 1.57 bits per heavy atom. The maximum atomic E-state index is 13.5. The molecule has 3 heterocycles. The number of para-hydroxylation sites is 2. The zero-order valence-corrected chi connectivity index (χ0v) is 16.1. The number of halogens is 3. The van der Waals surface area contributed by atoms with Crippen LogP contribution in [0.1, 0.15) is 5.69 Å². The van der Waals surface area contributed by atoms with E-state index in [9.17, 15) is 21.6 Å². The summed E-state index contributed by atoms with van der Waals surface area (Å²) in [5.74, 6) is -0.264. The zero-order chi connectivity index (χ0) is 19.9. The number of hydrogen-bond acceptors (Lipinski definition) is 6. The highest BCUT2D eigenvalue weighted by Crippen LogP contribution is 2.36. The number of benzene rings is 1. The predicted molar refractivity (Wildman–Crippen MR) is 99.8 cm³/mol. The van der Waals surface area contributed by atoms with Crippen LogP contribution in [0.5, 0.6) is 0 Å². The van der Waals surface area contributed by atoms with Gasteiger partial charge in [0.05, 0.1) is 11.0 Å². The number of alkyl halides is 3. The maximum absolute atomic E-state index is 13.5. The fourth-order valence-electron chi connectivity index (χ4n) is 3.08. The molecule has 0 atom stereocenters. The summed E-state index contributed by atoms with van der Waals surface area (Å²) in [5, 5.41) is 1.67. The minimum atomic E-state index is -4.66. The number of rotatable bonds is 3. The topological polar surface area (TPSA) is 66.4 Å². The lowest BCUT2D eigenvalue weighted by atomic mass is 10.2. The predicted octanol–water partition coefficient (Wildman–Crippen LogP) is 3.22. The second kappa shape index (κ2) is 6.98. The van der Waals surface area contributed by atoms with Gasteiger partial charge in [0.1, 0.15) is 4.21 Å². The van der Waals surface area contributed by atoms with Gasteiger partial charge in [-0.15, -0.1) is 11.3 Å². The first-order valence-corrected chi connectivity index (χ1v) is 10.7. The molecular weight excluding hydrogens is 413 g/mol. The second-order valence-electron chi connectivity index (χ2n) is 6.21. The molecular formula is C17H15F3N4O2S2. The van der Waals surface area contributed by atoms with Crippen LogP contribution < -0.4 is 4.90 Å². The van der Waals surface area contributed by atoms with Gasteiger partial charge in [-0.2, -0.15) is 17.5 Å². The SMILES string of the molecule is O=S(=O)(c1cccs1)N1CCN(c2nc3ccccc3nc2C(F)(F)F)CC1. The molecule has 6 nitrogen and oxygen atoms in total. The van der Waals surface area contributed by atoms with Gasteiger partial charge in [-0.05, 0) is 23.6 Å². The quantitative estimate of drug-likeness (QED) is 0.641. The van der Waals surface area contributed by atoms with E-state index in [1.165, 1.54) is 21.3 Å². The van der Waals surface area contributed by atoms with Gasteiger partial charge in [0, 0.05) is 26.2 Å². The van der Waals surface area contributed by atoms with E-state index in [4.69, 9.17) is 0 Å². The smallest absolute Gasteiger partial charge is 0.352 e. The fourth-order valence-corrected chi connectivity index (χ4v) is 5.65. The van der Waals surface area contributed by atoms with Crippen molar-refractivity contribution in [2.45, 2.75) is 10.4 Å². The summed E-state index contributed by atoms with van der Waals surface area (Å²) in [7, 11) is -3.63. The largest absolute Gasteiger partial charge is 0.437 e. The van der Waals surface area contributed by atoms with E-state index in [1.807, 2.05) is 0 Å². The van der Waals surface area contributed by atoms with Gasteiger partial charge in [0.2, 0.25) is 0 Å². The fraction of sp³-hybridized carbons (Fsp3) is 0.294. The molecule has 0 unspecified atom stereocenters. The third kappa shape index (κ3) is 3.45. The van der Waals surface area contributed by atoms with E-state index >= 15 is 0 Å². The summed E-state index contributed by atoms with van der Waals surface area (Å²) in [6.45, 7) is 0.347. The lowest BCUT2D eigenvalue weighted by Crippen LogP contribution is -2.49. The molecule has 148 valence electrons. The Bertz CT molecular complexity index is 1090. The molecule has 0 amide bonds. The molecule has 1 fully saturated rings. The van der Waals surface area contributed by atoms with Crippen molar-refractivity contribution in [3.05, 3.63) is 47.5 Å². The molecule has 3 aromatic rings. The van der Waals surface area contributed by atoms with Crippen LogP contribution in [0, 0.1) is 0 Å². The molecule has 0 N–H and O–H groups in total. The number of nitrogens with zero attached hydrogens (tertiary/aromatic N) is 4. The van der Waals surface area contributed by atoms with Crippen LogP contribution in [0.15, 0.2) is 46.0 Å². The number of hydrogen-bond donors (Lipinski definition) is 0. The van der Waals surface area contributed by atoms with Crippen molar-refractivity contribution in [3.63, 3.8) is 0 Å². The van der Waals surface area contributed by atoms with Crippen molar-refractivity contribution in [2.24, 2.45) is 0 Å². The van der Waals surface area contributed by atoms with Gasteiger partial charge in [-0.1, -0.05) is 18.2 Å². The Hall–Kier alpha value is -2.24. The molecule has 0 spiro atoms. The van der Waals surface area contributed by atoms with Gasteiger partial charge in [-0.3, -0.25) is 0 Å². The third-order valence-electron chi connectivity index (χ3n) is 4.45. The van der Waals surface area contributed by atoms with E-state index in [-0.39, 0.29) is 41.7 Å². The lowest BCUT2D eigenvalue weighted by Gasteiger charge is -2.35. The Morgan fingerprint density at radius 1 is 0.929 bits per heavy atom. The van der Waals surface area contributed by atoms with Crippen molar-refractivity contribution >= 4 is 38.2 Å². The van der Waals surface area contributed by atoms with Crippen LogP contribution in [0.25, 0.3) is 11.0 Å². The molecule has 1 saturated heterocycles. The van der Waals surface area contributed by atoms with Crippen molar-refractivity contribution in [2.75, 3.05) is 31.1 Å². The van der Waals surface area contributed by atoms with E-state index in [0.29, 0.717) is 5.52 Å². The van der Waals surface area contributed by atoms with E-state index in [1.54, 1.807) is 29.6 Å². The minimum Gasteiger partial charge on any atom is -0.352 e. The van der Waals surface area contributed by atoms with Crippen LogP contribution in [0.4, 0.5) is 19.0 Å². The van der Waals surface area contributed by atoms with Gasteiger partial charge in [0.15, 0.2) is 11.5 Å². The maximum Gasteiger partial charge on any atom is 0.437 e. The minimum absolute atomic E-state index is 0.0754. The van der Waals surface area contributed by atoms with Gasteiger partial charge in [0.25, 0.3) is 10.0 Å². The van der Waals surface area contributed by atoms with Crippen LogP contribution >= 0.6 is 11.3 Å². The first-order chi connectivity index (χ1) is 13.3. The van der Waals surface area contributed by atoms with E-state index < -0.39 is 21.9 Å². The monoisotopic (exact) mass is 428 g/mol. The molecule has 0 bridgehead atoms. The standard InChI is InChI=1S/C17H15F3N4O2S2/c18-17(19,20)15-16(22-13-5-2-1-4-12(13)21-15)23-7-9-24(10-8-23)28(25,26)14-6-3-11-27-14/h1-6,11H,7-10H2. The molecule has 0 radical (unpaired) electrons. The van der Waals surface area contributed by atoms with Crippen LogP contribution in [0.2, 0.25) is 0 Å². The number of sulfonamides is 1. The summed E-state index contributed by atoms with van der Waals surface area (Å²) in [6, 6.07) is 9.53. The summed E-state index contributed by atoms with van der Waals surface area (Å²) < 4.78 is 67.4. The highest BCUT2D eigenvalue weighted by molar-refractivity contribution is 7.91. The average molecular weight is 428 g/mol. The number of anilines is 1. The van der Waals surface area contributed by atoms with Gasteiger partial charge < -0.3 is 4.90 Å². The Morgan fingerprint density at radius 3 is 2.14 bits per heavy atom. The van der Waals surface area contributed by atoms with Crippen LogP contribution in [0.3, 0.4) is 0 Å². The molecule has 28 heavy (non-hydrogen) atoms. The number of fused-ring (bicyclic) bond motifs is 1. The molecule has 0 aliphatic carbocycles. The number of aromatic nitrogens is 2. The summed E-state index contributed by atoms with van der Waals surface area (Å²) in [5.41, 5.74) is -0.530. The summed E-state index contributed by atoms with van der Waals surface area (Å²) in [4.78, 5) is 9.40. The Kier molecular flexibility index (Phi) is 4.76. The average Bonchev–Trinajstić information content (AvgIpc) is 3.22. The molecule has 1 aliphatic rings. The van der Waals surface area contributed by atoms with Crippen molar-refractivity contribution in [1.29, 1.82) is 0 Å². The third-order valence-corrected chi connectivity index (χ3v) is 7.72. The summed E-state index contributed by atoms with van der Waals surface area (Å²) >= 11 is 1.11. The van der Waals surface area contributed by atoms with Crippen LogP contribution in [-0.4, -0.2) is 48.9 Å².